The maximum Gasteiger partial charge on any atom is 0.246 e. The third-order valence-electron chi connectivity index (χ3n) is 10.2. The number of hydrogen-bond acceptors (Lipinski definition) is 4. The Labute approximate surface area is 245 Å². The molecule has 7 nitrogen and oxygen atoms in total. The first-order valence-electron chi connectivity index (χ1n) is 15.1. The number of hydrogen-bond donors (Lipinski definition) is 2. The van der Waals surface area contributed by atoms with Crippen molar-refractivity contribution in [2.75, 3.05) is 11.9 Å². The van der Waals surface area contributed by atoms with E-state index in [4.69, 9.17) is 16.3 Å². The molecule has 3 amide bonds. The second-order valence-corrected chi connectivity index (χ2v) is 13.0. The molecule has 3 heterocycles. The van der Waals surface area contributed by atoms with Crippen LogP contribution in [0.25, 0.3) is 0 Å². The van der Waals surface area contributed by atoms with Gasteiger partial charge in [-0.25, -0.2) is 4.39 Å². The highest BCUT2D eigenvalue weighted by Crippen LogP contribution is 2.55. The highest BCUT2D eigenvalue weighted by molar-refractivity contribution is 6.31. The lowest BCUT2D eigenvalue weighted by atomic mass is 9.73. The van der Waals surface area contributed by atoms with Gasteiger partial charge >= 0.3 is 0 Å². The van der Waals surface area contributed by atoms with E-state index in [9.17, 15) is 18.8 Å². The number of benzene rings is 1. The SMILES string of the molecule is C[C@@H]1[C@H](C)CCC[C@@H]1NC(=O)[C@@H]1N(CCC2=CCCCC2)C(=O)[C@@H]2[C@@H](C(=O)Nc3ccc(F)c(Cl)c3)[C@@H]3C=C[C@]21O3. The van der Waals surface area contributed by atoms with E-state index in [0.717, 1.165) is 38.5 Å². The van der Waals surface area contributed by atoms with Crippen LogP contribution < -0.4 is 10.6 Å². The van der Waals surface area contributed by atoms with Crippen LogP contribution in [-0.4, -0.2) is 53.0 Å². The fraction of sp³-hybridized carbons (Fsp3) is 0.594. The van der Waals surface area contributed by atoms with E-state index in [-0.39, 0.29) is 22.9 Å². The van der Waals surface area contributed by atoms with E-state index in [1.54, 1.807) is 4.90 Å². The summed E-state index contributed by atoms with van der Waals surface area (Å²) < 4.78 is 20.2. The number of fused-ring (bicyclic) bond motifs is 1. The number of rotatable bonds is 7. The first-order valence-corrected chi connectivity index (χ1v) is 15.5. The van der Waals surface area contributed by atoms with Crippen molar-refractivity contribution in [3.8, 4) is 0 Å². The number of nitrogens with zero attached hydrogens (tertiary/aromatic N) is 1. The zero-order valence-electron chi connectivity index (χ0n) is 23.7. The van der Waals surface area contributed by atoms with Crippen LogP contribution in [0.1, 0.15) is 65.2 Å². The summed E-state index contributed by atoms with van der Waals surface area (Å²) in [6.45, 7) is 4.81. The van der Waals surface area contributed by atoms with Gasteiger partial charge in [0.05, 0.1) is 23.0 Å². The molecule has 2 saturated heterocycles. The number of anilines is 1. The van der Waals surface area contributed by atoms with Crippen LogP contribution in [0.15, 0.2) is 42.0 Å². The van der Waals surface area contributed by atoms with Crippen LogP contribution in [0.4, 0.5) is 10.1 Å². The monoisotopic (exact) mass is 583 g/mol. The van der Waals surface area contributed by atoms with Crippen LogP contribution in [0.2, 0.25) is 5.02 Å². The smallest absolute Gasteiger partial charge is 0.246 e. The first-order chi connectivity index (χ1) is 19.7. The fourth-order valence-electron chi connectivity index (χ4n) is 7.75. The molecule has 220 valence electrons. The van der Waals surface area contributed by atoms with Crippen molar-refractivity contribution in [2.45, 2.75) is 89.0 Å². The number of likely N-dealkylation sites (tertiary alicyclic amines) is 1. The molecular formula is C32H39ClFN3O4. The summed E-state index contributed by atoms with van der Waals surface area (Å²) in [6.07, 6.45) is 13.5. The van der Waals surface area contributed by atoms with Crippen molar-refractivity contribution in [2.24, 2.45) is 23.7 Å². The van der Waals surface area contributed by atoms with E-state index in [0.29, 0.717) is 30.5 Å². The molecule has 3 fully saturated rings. The number of nitrogens with one attached hydrogen (secondary N) is 2. The molecule has 0 aromatic heterocycles. The third kappa shape index (κ3) is 5.01. The molecule has 0 unspecified atom stereocenters. The minimum atomic E-state index is -1.21. The van der Waals surface area contributed by atoms with Gasteiger partial charge in [0.1, 0.15) is 17.5 Å². The second-order valence-electron chi connectivity index (χ2n) is 12.6. The lowest BCUT2D eigenvalue weighted by molar-refractivity contribution is -0.141. The lowest BCUT2D eigenvalue weighted by Gasteiger charge is -2.38. The summed E-state index contributed by atoms with van der Waals surface area (Å²) in [5.74, 6) is -2.24. The quantitative estimate of drug-likeness (QED) is 0.421. The van der Waals surface area contributed by atoms with Gasteiger partial charge in [-0.15, -0.1) is 0 Å². The van der Waals surface area contributed by atoms with Gasteiger partial charge in [-0.05, 0) is 68.6 Å². The summed E-state index contributed by atoms with van der Waals surface area (Å²) >= 11 is 5.93. The summed E-state index contributed by atoms with van der Waals surface area (Å²) in [5.41, 5.74) is 0.442. The molecule has 3 aliphatic heterocycles. The minimum Gasteiger partial charge on any atom is -0.359 e. The van der Waals surface area contributed by atoms with Gasteiger partial charge in [0.15, 0.2) is 0 Å². The molecule has 2 N–H and O–H groups in total. The van der Waals surface area contributed by atoms with Crippen LogP contribution in [0, 0.1) is 29.5 Å². The van der Waals surface area contributed by atoms with Crippen molar-refractivity contribution < 1.29 is 23.5 Å². The average Bonchev–Trinajstić information content (AvgIpc) is 3.60. The van der Waals surface area contributed by atoms with Crippen molar-refractivity contribution in [3.63, 3.8) is 0 Å². The van der Waals surface area contributed by atoms with Gasteiger partial charge in [0.25, 0.3) is 0 Å². The van der Waals surface area contributed by atoms with Gasteiger partial charge in [0.2, 0.25) is 17.7 Å². The van der Waals surface area contributed by atoms with Crippen LogP contribution in [0.3, 0.4) is 0 Å². The summed E-state index contributed by atoms with van der Waals surface area (Å²) in [4.78, 5) is 43.6. The summed E-state index contributed by atoms with van der Waals surface area (Å²) in [7, 11) is 0. The molecule has 1 aromatic carbocycles. The van der Waals surface area contributed by atoms with E-state index in [2.05, 4.69) is 30.6 Å². The maximum atomic E-state index is 14.2. The van der Waals surface area contributed by atoms with Crippen molar-refractivity contribution in [1.82, 2.24) is 10.2 Å². The maximum absolute atomic E-state index is 14.2. The van der Waals surface area contributed by atoms with E-state index in [1.807, 2.05) is 12.2 Å². The molecule has 8 atom stereocenters. The zero-order chi connectivity index (χ0) is 28.9. The Hall–Kier alpha value is -2.71. The lowest BCUT2D eigenvalue weighted by Crippen LogP contribution is -2.58. The van der Waals surface area contributed by atoms with Gasteiger partial charge in [-0.3, -0.25) is 14.4 Å². The Kier molecular flexibility index (Phi) is 7.74. The van der Waals surface area contributed by atoms with E-state index < -0.39 is 41.3 Å². The zero-order valence-corrected chi connectivity index (χ0v) is 24.5. The number of amides is 3. The van der Waals surface area contributed by atoms with Crippen LogP contribution >= 0.6 is 11.6 Å². The molecule has 9 heteroatoms. The van der Waals surface area contributed by atoms with Crippen molar-refractivity contribution in [3.05, 3.63) is 52.8 Å². The van der Waals surface area contributed by atoms with E-state index in [1.165, 1.54) is 30.2 Å². The van der Waals surface area contributed by atoms with Gasteiger partial charge in [0, 0.05) is 18.3 Å². The third-order valence-corrected chi connectivity index (χ3v) is 10.5. The molecule has 6 rings (SSSR count). The molecule has 1 aromatic rings. The molecule has 0 radical (unpaired) electrons. The fourth-order valence-corrected chi connectivity index (χ4v) is 7.93. The predicted molar refractivity (Wildman–Crippen MR) is 155 cm³/mol. The standard InChI is InChI=1S/C32H39ClFN3O4/c1-18-7-6-10-24(19(18)2)36-30(39)28-32-15-13-25(41-32)26(29(38)35-21-11-12-23(34)22(33)17-21)27(32)31(40)37(28)16-14-20-8-4-3-5-9-20/h8,11-13,15,17-19,24-28H,3-7,9-10,14,16H2,1-2H3,(H,35,38)(H,36,39)/t18-,19-,24+,25+,26+,27+,28+,32+/m1/s1. The number of halogens is 2. The van der Waals surface area contributed by atoms with E-state index >= 15 is 0 Å². The van der Waals surface area contributed by atoms with Crippen molar-refractivity contribution >= 4 is 35.0 Å². The molecular weight excluding hydrogens is 545 g/mol. The minimum absolute atomic E-state index is 0.0320. The number of allylic oxidation sites excluding steroid dienone is 1. The first kappa shape index (κ1) is 28.4. The number of carbonyl (C=O) groups excluding carboxylic acids is 3. The number of ether oxygens (including phenoxy) is 1. The summed E-state index contributed by atoms with van der Waals surface area (Å²) in [5, 5.41) is 6.00. The number of carbonyl (C=O) groups is 3. The normalized spacial score (nSPS) is 35.8. The Bertz CT molecular complexity index is 1300. The Morgan fingerprint density at radius 1 is 1.17 bits per heavy atom. The molecule has 2 bridgehead atoms. The largest absolute Gasteiger partial charge is 0.359 e. The Morgan fingerprint density at radius 3 is 2.76 bits per heavy atom. The van der Waals surface area contributed by atoms with Gasteiger partial charge in [-0.2, -0.15) is 0 Å². The van der Waals surface area contributed by atoms with Gasteiger partial charge in [-0.1, -0.05) is 62.1 Å². The molecule has 41 heavy (non-hydrogen) atoms. The Morgan fingerprint density at radius 2 is 2.00 bits per heavy atom. The Balaban J connectivity index is 1.28. The topological polar surface area (TPSA) is 87.7 Å². The highest BCUT2D eigenvalue weighted by atomic mass is 35.5. The molecule has 1 saturated carbocycles. The van der Waals surface area contributed by atoms with Crippen LogP contribution in [-0.2, 0) is 19.1 Å². The van der Waals surface area contributed by atoms with Crippen LogP contribution in [0.5, 0.6) is 0 Å². The second kappa shape index (κ2) is 11.2. The molecule has 2 aliphatic carbocycles. The highest BCUT2D eigenvalue weighted by Gasteiger charge is 2.72. The molecule has 5 aliphatic rings. The predicted octanol–water partition coefficient (Wildman–Crippen LogP) is 5.40. The van der Waals surface area contributed by atoms with Gasteiger partial charge < -0.3 is 20.3 Å². The molecule has 1 spiro atoms. The summed E-state index contributed by atoms with van der Waals surface area (Å²) in [6, 6.07) is 3.14. The van der Waals surface area contributed by atoms with Crippen molar-refractivity contribution in [1.29, 1.82) is 0 Å². The average molecular weight is 584 g/mol.